The molecule has 0 saturated carbocycles. The topological polar surface area (TPSA) is 0 Å². The van der Waals surface area contributed by atoms with Crippen molar-refractivity contribution in [2.75, 3.05) is 0 Å². The van der Waals surface area contributed by atoms with Gasteiger partial charge in [-0.3, -0.25) is 0 Å². The van der Waals surface area contributed by atoms with Gasteiger partial charge < -0.3 is 0 Å². The summed E-state index contributed by atoms with van der Waals surface area (Å²) in [6.07, 6.45) is 2.47. The van der Waals surface area contributed by atoms with Crippen molar-refractivity contribution >= 4 is 58.8 Å². The molecule has 0 radical (unpaired) electrons. The van der Waals surface area contributed by atoms with Crippen molar-refractivity contribution in [2.24, 2.45) is 0 Å². The van der Waals surface area contributed by atoms with Crippen LogP contribution in [-0.4, -0.2) is 0 Å². The molecular formula is C39H36S5. The number of hydrogen-bond donors (Lipinski definition) is 0. The van der Waals surface area contributed by atoms with Crippen LogP contribution in [0.25, 0.3) is 0 Å². The molecule has 5 heteroatoms. The molecule has 0 spiro atoms. The third kappa shape index (κ3) is 11.7. The molecule has 0 saturated heterocycles. The lowest BCUT2D eigenvalue weighted by Gasteiger charge is -2.15. The highest BCUT2D eigenvalue weighted by atomic mass is 32.2. The Morgan fingerprint density at radius 3 is 0.932 bits per heavy atom. The summed E-state index contributed by atoms with van der Waals surface area (Å²) in [4.78, 5) is 1.35. The molecule has 0 aliphatic heterocycles. The van der Waals surface area contributed by atoms with Crippen molar-refractivity contribution in [2.45, 2.75) is 28.8 Å². The van der Waals surface area contributed by atoms with Gasteiger partial charge in [-0.05, 0) is 33.9 Å². The Labute approximate surface area is 284 Å². The third-order valence-corrected chi connectivity index (χ3v) is 13.0. The summed E-state index contributed by atoms with van der Waals surface area (Å²) in [7, 11) is 0. The van der Waals surface area contributed by atoms with Gasteiger partial charge in [0.15, 0.2) is 0 Å². The van der Waals surface area contributed by atoms with Crippen LogP contribution in [0.1, 0.15) is 27.8 Å². The molecule has 5 aromatic rings. The lowest BCUT2D eigenvalue weighted by Crippen LogP contribution is -1.89. The number of benzene rings is 5. The van der Waals surface area contributed by atoms with Crippen LogP contribution in [0, 0.1) is 0 Å². The van der Waals surface area contributed by atoms with E-state index >= 15 is 0 Å². The molecule has 44 heavy (non-hydrogen) atoms. The molecule has 0 nitrogen and oxygen atoms in total. The van der Waals surface area contributed by atoms with E-state index < -0.39 is 0 Å². The molecule has 0 heterocycles. The van der Waals surface area contributed by atoms with E-state index in [1.807, 2.05) is 58.8 Å². The van der Waals surface area contributed by atoms with Gasteiger partial charge in [0.25, 0.3) is 0 Å². The molecule has 0 amide bonds. The Kier molecular flexibility index (Phi) is 14.1. The smallest absolute Gasteiger partial charge is 0.0544 e. The predicted octanol–water partition coefficient (Wildman–Crippen LogP) is 12.7. The molecule has 5 rings (SSSR count). The second-order valence-corrected chi connectivity index (χ2v) is 15.5. The Hall–Kier alpha value is -2.67. The minimum absolute atomic E-state index is 0.938. The summed E-state index contributed by atoms with van der Waals surface area (Å²) in [6.45, 7) is 0. The van der Waals surface area contributed by atoms with Crippen LogP contribution in [0.3, 0.4) is 0 Å². The van der Waals surface area contributed by atoms with Gasteiger partial charge in [-0.15, -0.1) is 58.8 Å². The summed E-state index contributed by atoms with van der Waals surface area (Å²) in [5, 5.41) is 0. The minimum Gasteiger partial charge on any atom is -0.120 e. The SMILES string of the molecule is C(=C(SCc1ccccc1)SCc1ccccc1)C(SCc1ccccc1)=C(SCc1ccccc1)SCc1ccccc1. The first-order chi connectivity index (χ1) is 21.8. The van der Waals surface area contributed by atoms with Gasteiger partial charge in [0.05, 0.1) is 4.24 Å². The maximum absolute atomic E-state index is 2.47. The lowest BCUT2D eigenvalue weighted by atomic mass is 10.2. The van der Waals surface area contributed by atoms with Crippen LogP contribution in [0.5, 0.6) is 0 Å². The molecule has 0 aromatic heterocycles. The standard InChI is InChI=1S/C39H36S5/c1-6-16-32(17-7-1)27-40-37(39(43-30-35-22-12-4-13-23-35)44-31-36-24-14-5-15-25-36)26-38(41-28-33-18-8-2-9-19-33)42-29-34-20-10-3-11-21-34/h1-26H,27-31H2. The van der Waals surface area contributed by atoms with Crippen LogP contribution in [0.4, 0.5) is 0 Å². The van der Waals surface area contributed by atoms with Gasteiger partial charge in [0.1, 0.15) is 0 Å². The molecule has 222 valence electrons. The summed E-state index contributed by atoms with van der Waals surface area (Å²) in [5.74, 6) is 4.74. The van der Waals surface area contributed by atoms with Crippen molar-refractivity contribution in [1.29, 1.82) is 0 Å². The highest BCUT2D eigenvalue weighted by Crippen LogP contribution is 2.44. The first kappa shape index (κ1) is 32.7. The average molecular weight is 665 g/mol. The Morgan fingerprint density at radius 2 is 0.614 bits per heavy atom. The van der Waals surface area contributed by atoms with E-state index in [-0.39, 0.29) is 0 Å². The fraction of sp³-hybridized carbons (Fsp3) is 0.128. The summed E-state index contributed by atoms with van der Waals surface area (Å²) < 4.78 is 2.74. The van der Waals surface area contributed by atoms with Crippen molar-refractivity contribution in [3.63, 3.8) is 0 Å². The first-order valence-corrected chi connectivity index (χ1v) is 19.5. The number of rotatable bonds is 16. The molecular weight excluding hydrogens is 629 g/mol. The van der Waals surface area contributed by atoms with E-state index in [0.717, 1.165) is 28.8 Å². The van der Waals surface area contributed by atoms with Gasteiger partial charge in [-0.25, -0.2) is 0 Å². The van der Waals surface area contributed by atoms with E-state index in [4.69, 9.17) is 0 Å². The van der Waals surface area contributed by atoms with E-state index in [9.17, 15) is 0 Å². The van der Waals surface area contributed by atoms with Crippen LogP contribution in [0.2, 0.25) is 0 Å². The van der Waals surface area contributed by atoms with E-state index in [2.05, 4.69) is 158 Å². The maximum Gasteiger partial charge on any atom is 0.0544 e. The molecule has 0 aliphatic rings. The zero-order valence-electron chi connectivity index (χ0n) is 24.6. The van der Waals surface area contributed by atoms with Gasteiger partial charge in [-0.2, -0.15) is 0 Å². The van der Waals surface area contributed by atoms with Crippen molar-refractivity contribution in [3.8, 4) is 0 Å². The first-order valence-electron chi connectivity index (χ1n) is 14.6. The summed E-state index contributed by atoms with van der Waals surface area (Å²) in [6, 6.07) is 54.2. The predicted molar refractivity (Wildman–Crippen MR) is 204 cm³/mol. The molecule has 0 N–H and O–H groups in total. The van der Waals surface area contributed by atoms with Gasteiger partial charge in [0.2, 0.25) is 0 Å². The van der Waals surface area contributed by atoms with Gasteiger partial charge in [-0.1, -0.05) is 152 Å². The highest BCUT2D eigenvalue weighted by Gasteiger charge is 2.13. The van der Waals surface area contributed by atoms with Crippen molar-refractivity contribution in [3.05, 3.63) is 199 Å². The zero-order chi connectivity index (χ0) is 30.1. The summed E-state index contributed by atoms with van der Waals surface area (Å²) in [5.41, 5.74) is 6.75. The third-order valence-electron chi connectivity index (χ3n) is 6.56. The van der Waals surface area contributed by atoms with Crippen molar-refractivity contribution < 1.29 is 0 Å². The van der Waals surface area contributed by atoms with Gasteiger partial charge >= 0.3 is 0 Å². The molecule has 0 aliphatic carbocycles. The monoisotopic (exact) mass is 664 g/mol. The van der Waals surface area contributed by atoms with E-state index in [0.29, 0.717) is 0 Å². The van der Waals surface area contributed by atoms with Crippen LogP contribution in [0.15, 0.2) is 171 Å². The maximum atomic E-state index is 2.47. The number of hydrogen-bond acceptors (Lipinski definition) is 5. The van der Waals surface area contributed by atoms with Crippen LogP contribution < -0.4 is 0 Å². The molecule has 0 atom stereocenters. The second-order valence-electron chi connectivity index (χ2n) is 9.99. The Bertz CT molecular complexity index is 1480. The normalized spacial score (nSPS) is 10.7. The second kappa shape index (κ2) is 19.0. The Morgan fingerprint density at radius 1 is 0.341 bits per heavy atom. The molecule has 0 fully saturated rings. The van der Waals surface area contributed by atoms with E-state index in [1.54, 1.807) is 0 Å². The van der Waals surface area contributed by atoms with E-state index in [1.165, 1.54) is 41.2 Å². The number of allylic oxidation sites excluding steroid dienone is 1. The van der Waals surface area contributed by atoms with Crippen molar-refractivity contribution in [1.82, 2.24) is 0 Å². The molecule has 0 bridgehead atoms. The Balaban J connectivity index is 1.48. The molecule has 5 aromatic carbocycles. The number of thioether (sulfide) groups is 5. The fourth-order valence-corrected chi connectivity index (χ4v) is 10.1. The van der Waals surface area contributed by atoms with Crippen LogP contribution in [-0.2, 0) is 28.8 Å². The minimum atomic E-state index is 0.938. The lowest BCUT2D eigenvalue weighted by molar-refractivity contribution is 1.41. The summed E-state index contributed by atoms with van der Waals surface area (Å²) >= 11 is 9.79. The largest absolute Gasteiger partial charge is 0.120 e. The molecule has 0 unspecified atom stereocenters. The average Bonchev–Trinajstić information content (AvgIpc) is 3.10. The van der Waals surface area contributed by atoms with Crippen LogP contribution >= 0.6 is 58.8 Å². The van der Waals surface area contributed by atoms with Gasteiger partial charge in [0, 0.05) is 37.9 Å². The zero-order valence-corrected chi connectivity index (χ0v) is 28.7. The quantitative estimate of drug-likeness (QED) is 0.0960. The highest BCUT2D eigenvalue weighted by molar-refractivity contribution is 8.23. The fourth-order valence-electron chi connectivity index (χ4n) is 4.21.